The number of ether oxygens (including phenoxy) is 1. The molecule has 148 valence electrons. The van der Waals surface area contributed by atoms with Crippen molar-refractivity contribution >= 4 is 17.8 Å². The van der Waals surface area contributed by atoms with Crippen LogP contribution < -0.4 is 5.32 Å². The lowest BCUT2D eigenvalue weighted by atomic mass is 9.86. The number of carbonyl (C=O) groups is 3. The summed E-state index contributed by atoms with van der Waals surface area (Å²) in [6.07, 6.45) is -1.13. The zero-order chi connectivity index (χ0) is 20.5. The van der Waals surface area contributed by atoms with Crippen molar-refractivity contribution < 1.29 is 28.6 Å². The number of amides is 1. The van der Waals surface area contributed by atoms with Crippen LogP contribution in [0.1, 0.15) is 36.8 Å². The molecular weight excluding hydrogens is 365 g/mol. The van der Waals surface area contributed by atoms with E-state index in [0.29, 0.717) is 12.0 Å². The maximum atomic E-state index is 13.2. The Hall–Kier alpha value is -3.22. The van der Waals surface area contributed by atoms with E-state index in [0.717, 1.165) is 5.56 Å². The topological polar surface area (TPSA) is 92.7 Å². The van der Waals surface area contributed by atoms with E-state index in [1.807, 2.05) is 6.07 Å². The molecule has 0 saturated carbocycles. The van der Waals surface area contributed by atoms with Crippen molar-refractivity contribution in [2.24, 2.45) is 0 Å². The first-order valence-electron chi connectivity index (χ1n) is 8.88. The third-order valence-corrected chi connectivity index (χ3v) is 4.30. The van der Waals surface area contributed by atoms with Crippen LogP contribution in [0.15, 0.2) is 54.6 Å². The number of ketones is 1. The van der Waals surface area contributed by atoms with Gasteiger partial charge in [0.05, 0.1) is 6.04 Å². The van der Waals surface area contributed by atoms with E-state index in [4.69, 9.17) is 9.84 Å². The molecule has 2 N–H and O–H groups in total. The first-order chi connectivity index (χ1) is 13.4. The van der Waals surface area contributed by atoms with Gasteiger partial charge in [0.15, 0.2) is 5.78 Å². The summed E-state index contributed by atoms with van der Waals surface area (Å²) in [5, 5.41) is 11.5. The molecule has 0 fully saturated rings. The molecule has 0 saturated heterocycles. The Kier molecular flexibility index (Phi) is 7.68. The molecule has 2 atom stereocenters. The fraction of sp³-hybridized carbons (Fsp3) is 0.286. The SMILES string of the molecule is CC[C@@H](c1ccc(F)cc1)[C@H](NC(=O)OCc1ccccc1)C(=O)CC(=O)O. The number of rotatable bonds is 9. The third kappa shape index (κ3) is 6.19. The Bertz CT molecular complexity index is 807. The van der Waals surface area contributed by atoms with Gasteiger partial charge in [-0.15, -0.1) is 0 Å². The number of nitrogens with one attached hydrogen (secondary N) is 1. The van der Waals surface area contributed by atoms with Crippen LogP contribution in [0.5, 0.6) is 0 Å². The molecule has 1 amide bonds. The molecule has 0 bridgehead atoms. The van der Waals surface area contributed by atoms with Crippen LogP contribution in [-0.2, 0) is 20.9 Å². The van der Waals surface area contributed by atoms with Crippen LogP contribution >= 0.6 is 0 Å². The van der Waals surface area contributed by atoms with Crippen LogP contribution in [0.2, 0.25) is 0 Å². The second-order valence-corrected chi connectivity index (χ2v) is 6.29. The fourth-order valence-electron chi connectivity index (χ4n) is 2.93. The number of carboxylic acid groups (broad SMARTS) is 1. The highest BCUT2D eigenvalue weighted by Gasteiger charge is 2.31. The summed E-state index contributed by atoms with van der Waals surface area (Å²) in [5.41, 5.74) is 1.40. The molecule has 6 nitrogen and oxygen atoms in total. The van der Waals surface area contributed by atoms with Crippen LogP contribution in [0.4, 0.5) is 9.18 Å². The van der Waals surface area contributed by atoms with E-state index < -0.39 is 42.0 Å². The minimum absolute atomic E-state index is 0.0137. The number of Topliss-reactive ketones (excluding diaryl/α,β-unsaturated/α-hetero) is 1. The summed E-state index contributed by atoms with van der Waals surface area (Å²) in [6, 6.07) is 13.4. The van der Waals surface area contributed by atoms with Gasteiger partial charge in [0, 0.05) is 5.92 Å². The fourth-order valence-corrected chi connectivity index (χ4v) is 2.93. The number of hydrogen-bond donors (Lipinski definition) is 2. The van der Waals surface area contributed by atoms with E-state index in [2.05, 4.69) is 5.32 Å². The smallest absolute Gasteiger partial charge is 0.408 e. The number of benzene rings is 2. The largest absolute Gasteiger partial charge is 0.481 e. The molecule has 2 aromatic carbocycles. The lowest BCUT2D eigenvalue weighted by Crippen LogP contribution is -2.45. The van der Waals surface area contributed by atoms with E-state index in [1.54, 1.807) is 31.2 Å². The quantitative estimate of drug-likeness (QED) is 0.641. The van der Waals surface area contributed by atoms with E-state index in [-0.39, 0.29) is 6.61 Å². The van der Waals surface area contributed by atoms with E-state index in [9.17, 15) is 18.8 Å². The standard InChI is InChI=1S/C21H22FNO5/c1-2-17(15-8-10-16(22)11-9-15)20(18(24)12-19(25)26)23-21(27)28-13-14-6-4-3-5-7-14/h3-11,17,20H,2,12-13H2,1H3,(H,23,27)(H,25,26)/t17-,20-/m0/s1. The van der Waals surface area contributed by atoms with Gasteiger partial charge < -0.3 is 15.2 Å². The summed E-state index contributed by atoms with van der Waals surface area (Å²) in [7, 11) is 0. The Labute approximate surface area is 162 Å². The maximum Gasteiger partial charge on any atom is 0.408 e. The number of carbonyl (C=O) groups excluding carboxylic acids is 2. The monoisotopic (exact) mass is 387 g/mol. The second-order valence-electron chi connectivity index (χ2n) is 6.29. The van der Waals surface area contributed by atoms with Gasteiger partial charge in [-0.2, -0.15) is 0 Å². The average molecular weight is 387 g/mol. The molecule has 0 aliphatic heterocycles. The molecule has 0 spiro atoms. The van der Waals surface area contributed by atoms with Gasteiger partial charge in [0.25, 0.3) is 0 Å². The van der Waals surface area contributed by atoms with Crippen molar-refractivity contribution in [3.63, 3.8) is 0 Å². The molecule has 0 aromatic heterocycles. The molecule has 0 heterocycles. The lowest BCUT2D eigenvalue weighted by molar-refractivity contribution is -0.140. The van der Waals surface area contributed by atoms with Crippen molar-refractivity contribution in [1.29, 1.82) is 0 Å². The first kappa shape index (κ1) is 21.1. The van der Waals surface area contributed by atoms with Gasteiger partial charge in [-0.3, -0.25) is 9.59 Å². The highest BCUT2D eigenvalue weighted by Crippen LogP contribution is 2.25. The molecule has 0 unspecified atom stereocenters. The molecular formula is C21H22FNO5. The summed E-state index contributed by atoms with van der Waals surface area (Å²) >= 11 is 0. The van der Waals surface area contributed by atoms with Gasteiger partial charge in [-0.25, -0.2) is 9.18 Å². The lowest BCUT2D eigenvalue weighted by Gasteiger charge is -2.26. The Morgan fingerprint density at radius 1 is 1.07 bits per heavy atom. The van der Waals surface area contributed by atoms with Gasteiger partial charge in [-0.1, -0.05) is 49.4 Å². The van der Waals surface area contributed by atoms with E-state index in [1.165, 1.54) is 24.3 Å². The van der Waals surface area contributed by atoms with E-state index >= 15 is 0 Å². The minimum Gasteiger partial charge on any atom is -0.481 e. The average Bonchev–Trinajstić information content (AvgIpc) is 2.67. The van der Waals surface area contributed by atoms with Crippen LogP contribution in [-0.4, -0.2) is 29.0 Å². The van der Waals surface area contributed by atoms with Gasteiger partial charge in [0.1, 0.15) is 18.8 Å². The zero-order valence-corrected chi connectivity index (χ0v) is 15.4. The maximum absolute atomic E-state index is 13.2. The molecule has 0 radical (unpaired) electrons. The van der Waals surface area contributed by atoms with Crippen molar-refractivity contribution in [3.8, 4) is 0 Å². The second kappa shape index (κ2) is 10.2. The number of halogens is 1. The Morgan fingerprint density at radius 2 is 1.71 bits per heavy atom. The predicted octanol–water partition coefficient (Wildman–Crippen LogP) is 3.66. The molecule has 0 aliphatic rings. The van der Waals surface area contributed by atoms with Crippen LogP contribution in [0.25, 0.3) is 0 Å². The van der Waals surface area contributed by atoms with Crippen LogP contribution in [0.3, 0.4) is 0 Å². The normalized spacial score (nSPS) is 12.6. The number of hydrogen-bond acceptors (Lipinski definition) is 4. The molecule has 2 aromatic rings. The van der Waals surface area contributed by atoms with Gasteiger partial charge in [-0.05, 0) is 29.7 Å². The number of aliphatic carboxylic acids is 1. The van der Waals surface area contributed by atoms with Crippen molar-refractivity contribution in [2.75, 3.05) is 0 Å². The summed E-state index contributed by atoms with van der Waals surface area (Å²) < 4.78 is 18.4. The summed E-state index contributed by atoms with van der Waals surface area (Å²) in [4.78, 5) is 35.7. The zero-order valence-electron chi connectivity index (χ0n) is 15.4. The molecule has 0 aliphatic carbocycles. The van der Waals surface area contributed by atoms with Crippen LogP contribution in [0, 0.1) is 5.82 Å². The van der Waals surface area contributed by atoms with Crippen molar-refractivity contribution in [1.82, 2.24) is 5.32 Å². The van der Waals surface area contributed by atoms with Crippen molar-refractivity contribution in [2.45, 2.75) is 38.3 Å². The number of alkyl carbamates (subject to hydrolysis) is 1. The Morgan fingerprint density at radius 3 is 2.29 bits per heavy atom. The Balaban J connectivity index is 2.15. The summed E-state index contributed by atoms with van der Waals surface area (Å²) in [6.45, 7) is 1.81. The minimum atomic E-state index is -1.29. The highest BCUT2D eigenvalue weighted by molar-refractivity contribution is 5.99. The van der Waals surface area contributed by atoms with Gasteiger partial charge >= 0.3 is 12.1 Å². The third-order valence-electron chi connectivity index (χ3n) is 4.30. The van der Waals surface area contributed by atoms with Gasteiger partial charge in [0.2, 0.25) is 0 Å². The first-order valence-corrected chi connectivity index (χ1v) is 8.88. The number of carboxylic acids is 1. The molecule has 2 rings (SSSR count). The van der Waals surface area contributed by atoms with Crippen molar-refractivity contribution in [3.05, 3.63) is 71.5 Å². The molecule has 7 heteroatoms. The predicted molar refractivity (Wildman–Crippen MR) is 100 cm³/mol. The molecule has 28 heavy (non-hydrogen) atoms. The highest BCUT2D eigenvalue weighted by atomic mass is 19.1. The summed E-state index contributed by atoms with van der Waals surface area (Å²) in [5.74, 6) is -2.89.